The summed E-state index contributed by atoms with van der Waals surface area (Å²) in [6.07, 6.45) is -14.8. The van der Waals surface area contributed by atoms with Crippen LogP contribution in [0.1, 0.15) is 18.7 Å². The summed E-state index contributed by atoms with van der Waals surface area (Å²) in [6.45, 7) is -3.66. The zero-order chi connectivity index (χ0) is 55.9. The molecule has 0 bridgehead atoms. The molecule has 3 aliphatic rings. The number of hydrogen-bond acceptors (Lipinski definition) is 30. The van der Waals surface area contributed by atoms with E-state index in [1.807, 2.05) is 0 Å². The molecule has 0 amide bonds. The zero-order valence-corrected chi connectivity index (χ0v) is 42.9. The number of aliphatic hydroxyl groups excluding tert-OH is 4. The summed E-state index contributed by atoms with van der Waals surface area (Å²) in [7, 11) is -20.3. The number of hydrogen-bond donors (Lipinski definition) is 13. The van der Waals surface area contributed by atoms with Crippen LogP contribution in [0.2, 0.25) is 0 Å². The number of nitrogens with one attached hydrogen (secondary N) is 2. The van der Waals surface area contributed by atoms with Gasteiger partial charge in [-0.1, -0.05) is 0 Å². The fourth-order valence-corrected chi connectivity index (χ4v) is 13.0. The number of nitrogen functional groups attached to an aromatic ring is 3. The van der Waals surface area contributed by atoms with E-state index in [0.29, 0.717) is 0 Å². The molecule has 16 atom stereocenters. The predicted octanol–water partition coefficient (Wildman–Crippen LogP) is -4.74. The Kier molecular flexibility index (Phi) is 15.3. The van der Waals surface area contributed by atoms with Gasteiger partial charge >= 0.3 is 36.9 Å². The monoisotopic (exact) mass is 1180 g/mol. The summed E-state index contributed by atoms with van der Waals surface area (Å²) in [4.78, 5) is 96.0. The first-order chi connectivity index (χ1) is 36.1. The molecule has 0 saturated carbocycles. The maximum atomic E-state index is 13.7. The number of nitrogens with zero attached hydrogens (tertiary/aromatic N) is 10. The van der Waals surface area contributed by atoms with Crippen molar-refractivity contribution in [2.45, 2.75) is 73.3 Å². The molecular formula is C33H46N15O25P4+. The third-order valence-corrected chi connectivity index (χ3v) is 17.2. The second kappa shape index (κ2) is 20.8. The second-order valence-corrected chi connectivity index (χ2v) is 22.9. The van der Waals surface area contributed by atoms with Crippen molar-refractivity contribution in [1.29, 1.82) is 0 Å². The van der Waals surface area contributed by atoms with Gasteiger partial charge in [-0.2, -0.15) is 23.2 Å². The van der Waals surface area contributed by atoms with Crippen LogP contribution in [0.15, 0.2) is 34.9 Å². The van der Waals surface area contributed by atoms with Gasteiger partial charge in [0.1, 0.15) is 61.2 Å². The van der Waals surface area contributed by atoms with E-state index in [0.717, 1.165) is 42.3 Å². The van der Waals surface area contributed by atoms with E-state index in [-0.39, 0.29) is 51.2 Å². The lowest BCUT2D eigenvalue weighted by molar-refractivity contribution is -0.646. The standard InChI is InChI=1S/C33H45N15O25P4/c1-45-10-48(25-15(45)27(54)44-32(36)42-25)29-18(51)21(52)33(64-3,70-29)6-67-76(59,60)73-77(61,62)72-75(57,58)66-5-12-19(20(63-2)30(69-12)46-8-39-13-22(34)37-7-38-23(13)46)71-74(55,56)65-4-11-16(49)17(50)28(68-11)47-9-40-14-24(47)41-31(35)43-26(14)53/h7-12,16-21,28-30,49-52H,4-6H2,1-3H3,(H11-,34,35,36,37,38,41,42,43,44,53,54,55,56,57,58,59,60,61,62)/p+1. The number of H-pyrrole nitrogens is 2. The number of ether oxygens (including phenoxy) is 5. The summed E-state index contributed by atoms with van der Waals surface area (Å²) >= 11 is 0. The van der Waals surface area contributed by atoms with Crippen LogP contribution in [-0.2, 0) is 75.7 Å². The Bertz CT molecular complexity index is 3540. The highest BCUT2D eigenvalue weighted by molar-refractivity contribution is 7.66. The first-order valence-electron chi connectivity index (χ1n) is 21.6. The van der Waals surface area contributed by atoms with Crippen LogP contribution in [0.5, 0.6) is 0 Å². The highest BCUT2D eigenvalue weighted by Crippen LogP contribution is 2.68. The van der Waals surface area contributed by atoms with E-state index in [2.05, 4.69) is 48.5 Å². The molecule has 422 valence electrons. The van der Waals surface area contributed by atoms with Crippen molar-refractivity contribution in [3.05, 3.63) is 46.0 Å². The van der Waals surface area contributed by atoms with E-state index in [1.54, 1.807) is 0 Å². The SMILES string of the molecule is COC1C(OP(=O)(O)OCC2OC(n3cnc4c(=O)[nH]c(N)nc43)C(O)C2O)C(COP(=O)(O)OP(=O)(O)OP(=O)(O)OCC2(OC)OC(n3c[n+](C)c4c(=O)[nH]c(N)nc43)C(O)C2O)OC1n1cnc2c(N)ncnc21. The molecule has 6 aromatic heterocycles. The molecule has 0 aromatic carbocycles. The van der Waals surface area contributed by atoms with Crippen LogP contribution < -0.4 is 32.9 Å². The Morgan fingerprint density at radius 3 is 1.96 bits per heavy atom. The molecule has 0 aliphatic carbocycles. The number of imidazole rings is 3. The molecule has 44 heteroatoms. The summed E-state index contributed by atoms with van der Waals surface area (Å²) in [5, 5.41) is 43.7. The number of nitrogens with two attached hydrogens (primary N) is 3. The molecule has 40 nitrogen and oxygen atoms in total. The third kappa shape index (κ3) is 11.0. The Labute approximate surface area is 426 Å². The predicted molar refractivity (Wildman–Crippen MR) is 245 cm³/mol. The van der Waals surface area contributed by atoms with Crippen molar-refractivity contribution in [1.82, 2.24) is 53.6 Å². The average Bonchev–Trinajstić information content (AvgIpc) is 4.23. The van der Waals surface area contributed by atoms with Crippen LogP contribution in [-0.4, -0.2) is 182 Å². The number of fused-ring (bicyclic) bond motifs is 3. The number of phosphoric acid groups is 4. The minimum atomic E-state index is -6.28. The van der Waals surface area contributed by atoms with Gasteiger partial charge in [0.05, 0.1) is 32.9 Å². The molecule has 9 heterocycles. The van der Waals surface area contributed by atoms with Crippen LogP contribution in [0, 0.1) is 0 Å². The van der Waals surface area contributed by atoms with Crippen molar-refractivity contribution in [2.75, 3.05) is 51.2 Å². The quantitative estimate of drug-likeness (QED) is 0.0252. The molecule has 0 radical (unpaired) electrons. The van der Waals surface area contributed by atoms with E-state index in [9.17, 15) is 67.8 Å². The van der Waals surface area contributed by atoms with Crippen molar-refractivity contribution in [3.63, 3.8) is 0 Å². The molecule has 3 aliphatic heterocycles. The first-order valence-corrected chi connectivity index (χ1v) is 27.6. The van der Waals surface area contributed by atoms with Crippen LogP contribution >= 0.6 is 31.3 Å². The molecular weight excluding hydrogens is 1130 g/mol. The molecule has 0 spiro atoms. The maximum Gasteiger partial charge on any atom is 0.490 e. The minimum Gasteiger partial charge on any atom is -0.387 e. The topological polar surface area (TPSA) is 571 Å². The van der Waals surface area contributed by atoms with Crippen molar-refractivity contribution in [2.24, 2.45) is 7.05 Å². The van der Waals surface area contributed by atoms with Gasteiger partial charge in [-0.25, -0.2) is 42.8 Å². The Morgan fingerprint density at radius 1 is 0.688 bits per heavy atom. The van der Waals surface area contributed by atoms with Crippen molar-refractivity contribution < 1.29 is 113 Å². The first kappa shape index (κ1) is 56.5. The van der Waals surface area contributed by atoms with Crippen molar-refractivity contribution >= 4 is 82.5 Å². The smallest absolute Gasteiger partial charge is 0.387 e. The summed E-state index contributed by atoms with van der Waals surface area (Å²) in [5.74, 6) is -3.34. The minimum absolute atomic E-state index is 0.00189. The summed E-state index contributed by atoms with van der Waals surface area (Å²) in [6, 6.07) is 0. The lowest BCUT2D eigenvalue weighted by Gasteiger charge is -2.30. The number of aromatic nitrogens is 12. The molecule has 3 fully saturated rings. The number of aliphatic hydroxyl groups is 4. The van der Waals surface area contributed by atoms with E-state index >= 15 is 0 Å². The Morgan fingerprint density at radius 2 is 1.29 bits per heavy atom. The average molecular weight is 1180 g/mol. The van der Waals surface area contributed by atoms with Gasteiger partial charge < -0.3 is 76.1 Å². The number of aromatic amines is 2. The number of phosphoric ester groups is 3. The number of rotatable bonds is 20. The van der Waals surface area contributed by atoms with Crippen molar-refractivity contribution in [3.8, 4) is 0 Å². The summed E-state index contributed by atoms with van der Waals surface area (Å²) < 4.78 is 115. The maximum absolute atomic E-state index is 13.7. The Hall–Kier alpha value is -5.19. The number of anilines is 3. The lowest BCUT2D eigenvalue weighted by atomic mass is 10.1. The second-order valence-electron chi connectivity index (χ2n) is 16.9. The van der Waals surface area contributed by atoms with Gasteiger partial charge in [-0.3, -0.25) is 51.5 Å². The van der Waals surface area contributed by atoms with Crippen LogP contribution in [0.25, 0.3) is 33.5 Å². The van der Waals surface area contributed by atoms with Crippen LogP contribution in [0.4, 0.5) is 17.7 Å². The molecule has 16 N–H and O–H groups in total. The molecule has 6 aromatic rings. The van der Waals surface area contributed by atoms with Gasteiger partial charge in [0, 0.05) is 14.2 Å². The molecule has 3 saturated heterocycles. The van der Waals surface area contributed by atoms with Gasteiger partial charge in [0.2, 0.25) is 30.2 Å². The number of methoxy groups -OCH3 is 2. The normalized spacial score (nSPS) is 31.0. The fraction of sp³-hybridized carbons (Fsp3) is 0.545. The number of aryl methyl sites for hydroxylation is 1. The van der Waals surface area contributed by atoms with Gasteiger partial charge in [0.25, 0.3) is 16.7 Å². The molecule has 9 rings (SSSR count). The Balaban J connectivity index is 0.876. The largest absolute Gasteiger partial charge is 0.490 e. The summed E-state index contributed by atoms with van der Waals surface area (Å²) in [5.41, 5.74) is 15.3. The highest BCUT2D eigenvalue weighted by atomic mass is 31.3. The van der Waals surface area contributed by atoms with Crippen LogP contribution in [0.3, 0.4) is 0 Å². The van der Waals surface area contributed by atoms with E-state index in [1.165, 1.54) is 22.5 Å². The zero-order valence-electron chi connectivity index (χ0n) is 39.3. The van der Waals surface area contributed by atoms with Gasteiger partial charge in [-0.15, -0.1) is 0 Å². The molecule has 77 heavy (non-hydrogen) atoms. The fourth-order valence-electron chi connectivity index (χ4n) is 8.52. The van der Waals surface area contributed by atoms with Gasteiger partial charge in [-0.05, 0) is 0 Å². The van der Waals surface area contributed by atoms with Gasteiger partial charge in [0.15, 0.2) is 41.2 Å². The third-order valence-electron chi connectivity index (χ3n) is 12.0. The van der Waals surface area contributed by atoms with E-state index < -0.39 is 136 Å². The molecule has 16 unspecified atom stereocenters. The highest BCUT2D eigenvalue weighted by Gasteiger charge is 2.60. The lowest BCUT2D eigenvalue weighted by Crippen LogP contribution is -2.48. The van der Waals surface area contributed by atoms with E-state index in [4.69, 9.17) is 59.0 Å².